The first-order chi connectivity index (χ1) is 9.13. The van der Waals surface area contributed by atoms with Crippen LogP contribution in [0.2, 0.25) is 0 Å². The number of hydrogen-bond acceptors (Lipinski definition) is 2. The first-order valence-electron chi connectivity index (χ1n) is 6.24. The van der Waals surface area contributed by atoms with E-state index in [0.29, 0.717) is 6.42 Å². The zero-order chi connectivity index (χ0) is 13.7. The molecule has 2 rings (SSSR count). The number of halogens is 2. The van der Waals surface area contributed by atoms with Gasteiger partial charge >= 0.3 is 0 Å². The number of rotatable bonds is 5. The average Bonchev–Trinajstić information content (AvgIpc) is 2.36. The molecule has 0 spiro atoms. The molecule has 2 aromatic rings. The fourth-order valence-electron chi connectivity index (χ4n) is 2.01. The number of nitrogens with zero attached hydrogens (tertiary/aromatic N) is 1. The number of benzene rings is 1. The minimum atomic E-state index is -0.235. The second-order valence-electron chi connectivity index (χ2n) is 4.60. The lowest BCUT2D eigenvalue weighted by atomic mass is 10.0. The maximum Gasteiger partial charge on any atom is 0.124 e. The average molecular weight is 323 g/mol. The fraction of sp³-hybridized carbons (Fsp3) is 0.267. The van der Waals surface area contributed by atoms with Crippen molar-refractivity contribution in [2.24, 2.45) is 5.73 Å². The number of aryl methyl sites for hydroxylation is 1. The third kappa shape index (κ3) is 4.73. The molecule has 0 radical (unpaired) electrons. The van der Waals surface area contributed by atoms with Crippen LogP contribution in [0.4, 0.5) is 4.39 Å². The van der Waals surface area contributed by atoms with Crippen LogP contribution < -0.4 is 5.73 Å². The molecular formula is C15H16BrFN2. The maximum absolute atomic E-state index is 13.2. The van der Waals surface area contributed by atoms with Gasteiger partial charge in [-0.3, -0.25) is 4.98 Å². The summed E-state index contributed by atoms with van der Waals surface area (Å²) in [6.45, 7) is 0. The molecule has 1 atom stereocenters. The molecule has 0 amide bonds. The Morgan fingerprint density at radius 2 is 2.11 bits per heavy atom. The standard InChI is InChI=1S/C15H16BrFN2/c16-12-7-11(8-13(17)10-12)9-14(18)4-5-15-3-1-2-6-19-15/h1-3,6-8,10,14H,4-5,9,18H2. The summed E-state index contributed by atoms with van der Waals surface area (Å²) in [7, 11) is 0. The van der Waals surface area contributed by atoms with Gasteiger partial charge in [-0.1, -0.05) is 22.0 Å². The van der Waals surface area contributed by atoms with Gasteiger partial charge in [0.15, 0.2) is 0 Å². The molecule has 1 aromatic carbocycles. The summed E-state index contributed by atoms with van der Waals surface area (Å²) in [5.74, 6) is -0.235. The molecule has 4 heteroatoms. The lowest BCUT2D eigenvalue weighted by molar-refractivity contribution is 0.595. The van der Waals surface area contributed by atoms with E-state index in [1.807, 2.05) is 24.3 Å². The molecule has 0 aliphatic carbocycles. The van der Waals surface area contributed by atoms with Gasteiger partial charge in [0.1, 0.15) is 5.82 Å². The van der Waals surface area contributed by atoms with E-state index in [-0.39, 0.29) is 11.9 Å². The zero-order valence-electron chi connectivity index (χ0n) is 10.5. The molecule has 2 nitrogen and oxygen atoms in total. The van der Waals surface area contributed by atoms with Gasteiger partial charge in [-0.05, 0) is 55.2 Å². The predicted octanol–water partition coefficient (Wildman–Crippen LogP) is 3.49. The summed E-state index contributed by atoms with van der Waals surface area (Å²) in [5, 5.41) is 0. The van der Waals surface area contributed by atoms with Crippen LogP contribution in [-0.2, 0) is 12.8 Å². The van der Waals surface area contributed by atoms with Crippen LogP contribution >= 0.6 is 15.9 Å². The van der Waals surface area contributed by atoms with E-state index in [4.69, 9.17) is 5.73 Å². The van der Waals surface area contributed by atoms with Gasteiger partial charge in [0.05, 0.1) is 0 Å². The molecule has 2 N–H and O–H groups in total. The van der Waals surface area contributed by atoms with Crippen molar-refractivity contribution in [3.63, 3.8) is 0 Å². The third-order valence-corrected chi connectivity index (χ3v) is 3.38. The Bertz CT molecular complexity index is 511. The van der Waals surface area contributed by atoms with Gasteiger partial charge in [0.2, 0.25) is 0 Å². The first kappa shape index (κ1) is 14.2. The van der Waals surface area contributed by atoms with E-state index in [9.17, 15) is 4.39 Å². The smallest absolute Gasteiger partial charge is 0.124 e. The Balaban J connectivity index is 1.89. The van der Waals surface area contributed by atoms with Crippen LogP contribution in [0.3, 0.4) is 0 Å². The lowest BCUT2D eigenvalue weighted by Gasteiger charge is -2.11. The summed E-state index contributed by atoms with van der Waals surface area (Å²) in [5.41, 5.74) is 8.05. The topological polar surface area (TPSA) is 38.9 Å². The molecule has 1 aromatic heterocycles. The first-order valence-corrected chi connectivity index (χ1v) is 7.03. The minimum absolute atomic E-state index is 0.00991. The van der Waals surface area contributed by atoms with Crippen molar-refractivity contribution in [3.05, 3.63) is 64.1 Å². The van der Waals surface area contributed by atoms with Gasteiger partial charge in [0, 0.05) is 22.4 Å². The largest absolute Gasteiger partial charge is 0.327 e. The highest BCUT2D eigenvalue weighted by molar-refractivity contribution is 9.10. The SMILES string of the molecule is NC(CCc1ccccn1)Cc1cc(F)cc(Br)c1. The van der Waals surface area contributed by atoms with Crippen molar-refractivity contribution in [3.8, 4) is 0 Å². The van der Waals surface area contributed by atoms with Crippen molar-refractivity contribution >= 4 is 15.9 Å². The van der Waals surface area contributed by atoms with Crippen LogP contribution in [0.15, 0.2) is 47.1 Å². The monoisotopic (exact) mass is 322 g/mol. The van der Waals surface area contributed by atoms with Gasteiger partial charge in [-0.15, -0.1) is 0 Å². The number of aromatic nitrogens is 1. The van der Waals surface area contributed by atoms with Crippen LogP contribution in [0.5, 0.6) is 0 Å². The van der Waals surface area contributed by atoms with E-state index in [1.165, 1.54) is 12.1 Å². The quantitative estimate of drug-likeness (QED) is 0.915. The van der Waals surface area contributed by atoms with E-state index >= 15 is 0 Å². The number of hydrogen-bond donors (Lipinski definition) is 1. The van der Waals surface area contributed by atoms with Crippen molar-refractivity contribution in [1.29, 1.82) is 0 Å². The molecule has 1 heterocycles. The molecule has 0 saturated heterocycles. The summed E-state index contributed by atoms with van der Waals surface area (Å²) in [4.78, 5) is 4.26. The second-order valence-corrected chi connectivity index (χ2v) is 5.52. The predicted molar refractivity (Wildman–Crippen MR) is 78.3 cm³/mol. The Morgan fingerprint density at radius 1 is 1.26 bits per heavy atom. The Kier molecular flexibility index (Phi) is 5.05. The van der Waals surface area contributed by atoms with Gasteiger partial charge < -0.3 is 5.73 Å². The highest BCUT2D eigenvalue weighted by atomic mass is 79.9. The Morgan fingerprint density at radius 3 is 2.79 bits per heavy atom. The molecule has 19 heavy (non-hydrogen) atoms. The second kappa shape index (κ2) is 6.78. The summed E-state index contributed by atoms with van der Waals surface area (Å²) in [6, 6.07) is 10.8. The zero-order valence-corrected chi connectivity index (χ0v) is 12.1. The lowest BCUT2D eigenvalue weighted by Crippen LogP contribution is -2.23. The highest BCUT2D eigenvalue weighted by Crippen LogP contribution is 2.16. The fourth-order valence-corrected chi connectivity index (χ4v) is 2.53. The van der Waals surface area contributed by atoms with Crippen molar-refractivity contribution in [1.82, 2.24) is 4.98 Å². The highest BCUT2D eigenvalue weighted by Gasteiger charge is 2.07. The van der Waals surface area contributed by atoms with Crippen LogP contribution in [-0.4, -0.2) is 11.0 Å². The summed E-state index contributed by atoms with van der Waals surface area (Å²) >= 11 is 3.29. The molecule has 0 aliphatic heterocycles. The van der Waals surface area contributed by atoms with Crippen molar-refractivity contribution < 1.29 is 4.39 Å². The van der Waals surface area contributed by atoms with Gasteiger partial charge in [-0.25, -0.2) is 4.39 Å². The van der Waals surface area contributed by atoms with Crippen LogP contribution in [0.25, 0.3) is 0 Å². The maximum atomic E-state index is 13.2. The molecule has 1 unspecified atom stereocenters. The van der Waals surface area contributed by atoms with Crippen LogP contribution in [0.1, 0.15) is 17.7 Å². The van der Waals surface area contributed by atoms with E-state index < -0.39 is 0 Å². The Labute approximate surface area is 121 Å². The molecule has 0 bridgehead atoms. The van der Waals surface area contributed by atoms with E-state index in [0.717, 1.165) is 28.6 Å². The normalized spacial score (nSPS) is 12.4. The van der Waals surface area contributed by atoms with Crippen molar-refractivity contribution in [2.75, 3.05) is 0 Å². The minimum Gasteiger partial charge on any atom is -0.327 e. The molecular weight excluding hydrogens is 307 g/mol. The molecule has 0 fully saturated rings. The van der Waals surface area contributed by atoms with E-state index in [1.54, 1.807) is 6.20 Å². The number of nitrogens with two attached hydrogens (primary N) is 1. The third-order valence-electron chi connectivity index (χ3n) is 2.92. The van der Waals surface area contributed by atoms with E-state index in [2.05, 4.69) is 20.9 Å². The molecule has 0 saturated carbocycles. The van der Waals surface area contributed by atoms with Gasteiger partial charge in [0.25, 0.3) is 0 Å². The number of pyridine rings is 1. The summed E-state index contributed by atoms with van der Waals surface area (Å²) in [6.07, 6.45) is 4.14. The van der Waals surface area contributed by atoms with Gasteiger partial charge in [-0.2, -0.15) is 0 Å². The Hall–Kier alpha value is -1.26. The molecule has 0 aliphatic rings. The summed E-state index contributed by atoms with van der Waals surface area (Å²) < 4.78 is 14.0. The van der Waals surface area contributed by atoms with Crippen LogP contribution in [0, 0.1) is 5.82 Å². The van der Waals surface area contributed by atoms with Crippen molar-refractivity contribution in [2.45, 2.75) is 25.3 Å². The molecule has 100 valence electrons.